The second-order valence-corrected chi connectivity index (χ2v) is 3.86. The van der Waals surface area contributed by atoms with E-state index < -0.39 is 11.7 Å². The van der Waals surface area contributed by atoms with Crippen LogP contribution in [0.2, 0.25) is 0 Å². The normalized spacial score (nSPS) is 20.1. The Morgan fingerprint density at radius 3 is 2.75 bits per heavy atom. The molecule has 16 heavy (non-hydrogen) atoms. The number of halogens is 3. The Balaban J connectivity index is 2.43. The Bertz CT molecular complexity index is 387. The standard InChI is InChI=1S/C11H13F3N2/c1-15-9-4-5-16-10-3-2-7(6-8(9)10)11(12,13)14/h2-3,6,9,15-16H,4-5H2,1H3. The molecule has 1 aromatic carbocycles. The topological polar surface area (TPSA) is 24.1 Å². The summed E-state index contributed by atoms with van der Waals surface area (Å²) in [6.07, 6.45) is -3.48. The van der Waals surface area contributed by atoms with E-state index in [4.69, 9.17) is 0 Å². The molecule has 0 saturated heterocycles. The van der Waals surface area contributed by atoms with E-state index in [0.717, 1.165) is 24.7 Å². The van der Waals surface area contributed by atoms with E-state index in [2.05, 4.69) is 10.6 Å². The molecular formula is C11H13F3N2. The van der Waals surface area contributed by atoms with Crippen LogP contribution in [0.1, 0.15) is 23.6 Å². The Kier molecular flexibility index (Phi) is 2.80. The molecule has 1 atom stereocenters. The number of fused-ring (bicyclic) bond motifs is 1. The Morgan fingerprint density at radius 1 is 1.38 bits per heavy atom. The van der Waals surface area contributed by atoms with Crippen LogP contribution in [0, 0.1) is 0 Å². The van der Waals surface area contributed by atoms with E-state index in [0.29, 0.717) is 5.56 Å². The van der Waals surface area contributed by atoms with Gasteiger partial charge in [0.15, 0.2) is 0 Å². The van der Waals surface area contributed by atoms with Crippen LogP contribution in [0.25, 0.3) is 0 Å². The predicted octanol–water partition coefficient (Wildman–Crippen LogP) is 2.78. The van der Waals surface area contributed by atoms with Crippen LogP contribution in [0.3, 0.4) is 0 Å². The van der Waals surface area contributed by atoms with Crippen molar-refractivity contribution >= 4 is 5.69 Å². The molecule has 0 bridgehead atoms. The zero-order chi connectivity index (χ0) is 11.8. The molecule has 88 valence electrons. The van der Waals surface area contributed by atoms with Crippen LogP contribution < -0.4 is 10.6 Å². The van der Waals surface area contributed by atoms with Gasteiger partial charge in [0.05, 0.1) is 5.56 Å². The molecule has 0 spiro atoms. The van der Waals surface area contributed by atoms with E-state index in [9.17, 15) is 13.2 Å². The van der Waals surface area contributed by atoms with Crippen molar-refractivity contribution in [1.29, 1.82) is 0 Å². The number of alkyl halides is 3. The molecular weight excluding hydrogens is 217 g/mol. The zero-order valence-electron chi connectivity index (χ0n) is 8.86. The monoisotopic (exact) mass is 230 g/mol. The van der Waals surface area contributed by atoms with Crippen molar-refractivity contribution in [2.24, 2.45) is 0 Å². The van der Waals surface area contributed by atoms with Crippen LogP contribution in [0.5, 0.6) is 0 Å². The summed E-state index contributed by atoms with van der Waals surface area (Å²) >= 11 is 0. The highest BCUT2D eigenvalue weighted by molar-refractivity contribution is 5.56. The van der Waals surface area contributed by atoms with Crippen LogP contribution in [0.4, 0.5) is 18.9 Å². The summed E-state index contributed by atoms with van der Waals surface area (Å²) in [5.74, 6) is 0. The predicted molar refractivity (Wildman–Crippen MR) is 56.4 cm³/mol. The van der Waals surface area contributed by atoms with Gasteiger partial charge in [0.2, 0.25) is 0 Å². The first kappa shape index (κ1) is 11.3. The SMILES string of the molecule is CNC1CCNc2ccc(C(F)(F)F)cc21. The fourth-order valence-electron chi connectivity index (χ4n) is 1.99. The van der Waals surface area contributed by atoms with Crippen LogP contribution in [-0.4, -0.2) is 13.6 Å². The van der Waals surface area contributed by atoms with E-state index in [1.807, 2.05) is 0 Å². The molecule has 5 heteroatoms. The van der Waals surface area contributed by atoms with Gasteiger partial charge in [-0.05, 0) is 37.2 Å². The summed E-state index contributed by atoms with van der Waals surface area (Å²) in [5, 5.41) is 6.13. The minimum Gasteiger partial charge on any atom is -0.385 e. The number of rotatable bonds is 1. The number of anilines is 1. The largest absolute Gasteiger partial charge is 0.416 e. The first-order chi connectivity index (χ1) is 7.52. The zero-order valence-corrected chi connectivity index (χ0v) is 8.86. The molecule has 0 aliphatic carbocycles. The highest BCUT2D eigenvalue weighted by Crippen LogP contribution is 2.36. The smallest absolute Gasteiger partial charge is 0.385 e. The van der Waals surface area contributed by atoms with Gasteiger partial charge in [0.1, 0.15) is 0 Å². The Labute approximate surface area is 91.8 Å². The minimum atomic E-state index is -4.27. The lowest BCUT2D eigenvalue weighted by Gasteiger charge is -2.27. The fraction of sp³-hybridized carbons (Fsp3) is 0.455. The van der Waals surface area contributed by atoms with Crippen molar-refractivity contribution in [2.45, 2.75) is 18.6 Å². The van der Waals surface area contributed by atoms with Gasteiger partial charge in [0, 0.05) is 18.3 Å². The molecule has 1 unspecified atom stereocenters. The number of hydrogen-bond donors (Lipinski definition) is 2. The maximum absolute atomic E-state index is 12.5. The van der Waals surface area contributed by atoms with E-state index >= 15 is 0 Å². The van der Waals surface area contributed by atoms with E-state index in [1.54, 1.807) is 7.05 Å². The molecule has 1 heterocycles. The van der Waals surface area contributed by atoms with Crippen molar-refractivity contribution < 1.29 is 13.2 Å². The van der Waals surface area contributed by atoms with Gasteiger partial charge >= 0.3 is 6.18 Å². The average molecular weight is 230 g/mol. The Hall–Kier alpha value is -1.23. The lowest BCUT2D eigenvalue weighted by Crippen LogP contribution is -2.26. The van der Waals surface area contributed by atoms with Crippen molar-refractivity contribution in [2.75, 3.05) is 18.9 Å². The van der Waals surface area contributed by atoms with Gasteiger partial charge in [-0.2, -0.15) is 13.2 Å². The van der Waals surface area contributed by atoms with Gasteiger partial charge in [-0.1, -0.05) is 0 Å². The van der Waals surface area contributed by atoms with Gasteiger partial charge < -0.3 is 10.6 Å². The Morgan fingerprint density at radius 2 is 2.12 bits per heavy atom. The van der Waals surface area contributed by atoms with Crippen LogP contribution in [-0.2, 0) is 6.18 Å². The highest BCUT2D eigenvalue weighted by Gasteiger charge is 2.32. The number of benzene rings is 1. The summed E-state index contributed by atoms with van der Waals surface area (Å²) < 4.78 is 37.6. The first-order valence-corrected chi connectivity index (χ1v) is 5.14. The highest BCUT2D eigenvalue weighted by atomic mass is 19.4. The first-order valence-electron chi connectivity index (χ1n) is 5.14. The lowest BCUT2D eigenvalue weighted by atomic mass is 9.96. The maximum Gasteiger partial charge on any atom is 0.416 e. The van der Waals surface area contributed by atoms with Crippen molar-refractivity contribution in [1.82, 2.24) is 5.32 Å². The minimum absolute atomic E-state index is 0.00134. The molecule has 2 nitrogen and oxygen atoms in total. The molecule has 0 aromatic heterocycles. The van der Waals surface area contributed by atoms with E-state index in [1.165, 1.54) is 12.1 Å². The van der Waals surface area contributed by atoms with Gasteiger partial charge in [-0.15, -0.1) is 0 Å². The van der Waals surface area contributed by atoms with Crippen molar-refractivity contribution in [3.8, 4) is 0 Å². The van der Waals surface area contributed by atoms with Gasteiger partial charge in [-0.25, -0.2) is 0 Å². The molecule has 0 saturated carbocycles. The second-order valence-electron chi connectivity index (χ2n) is 3.86. The molecule has 0 radical (unpaired) electrons. The summed E-state index contributed by atoms with van der Waals surface area (Å²) in [7, 11) is 1.76. The fourth-order valence-corrected chi connectivity index (χ4v) is 1.99. The molecule has 2 N–H and O–H groups in total. The molecule has 0 amide bonds. The van der Waals surface area contributed by atoms with Crippen molar-refractivity contribution in [3.63, 3.8) is 0 Å². The lowest BCUT2D eigenvalue weighted by molar-refractivity contribution is -0.137. The van der Waals surface area contributed by atoms with E-state index in [-0.39, 0.29) is 6.04 Å². The molecule has 1 aromatic rings. The molecule has 1 aliphatic rings. The summed E-state index contributed by atoms with van der Waals surface area (Å²) in [6, 6.07) is 3.84. The maximum atomic E-state index is 12.5. The third-order valence-corrected chi connectivity index (χ3v) is 2.85. The average Bonchev–Trinajstić information content (AvgIpc) is 2.26. The third-order valence-electron chi connectivity index (χ3n) is 2.85. The van der Waals surface area contributed by atoms with Crippen molar-refractivity contribution in [3.05, 3.63) is 29.3 Å². The molecule has 2 rings (SSSR count). The summed E-state index contributed by atoms with van der Waals surface area (Å²) in [4.78, 5) is 0. The second kappa shape index (κ2) is 3.97. The van der Waals surface area contributed by atoms with Crippen LogP contribution >= 0.6 is 0 Å². The van der Waals surface area contributed by atoms with Gasteiger partial charge in [-0.3, -0.25) is 0 Å². The number of nitrogens with one attached hydrogen (secondary N) is 2. The van der Waals surface area contributed by atoms with Crippen LogP contribution in [0.15, 0.2) is 18.2 Å². The molecule has 1 aliphatic heterocycles. The molecule has 0 fully saturated rings. The third kappa shape index (κ3) is 2.00. The quantitative estimate of drug-likeness (QED) is 0.775. The summed E-state index contributed by atoms with van der Waals surface area (Å²) in [6.45, 7) is 0.782. The number of hydrogen-bond acceptors (Lipinski definition) is 2. The summed E-state index contributed by atoms with van der Waals surface area (Å²) in [5.41, 5.74) is 0.900. The van der Waals surface area contributed by atoms with Gasteiger partial charge in [0.25, 0.3) is 0 Å².